The number of imidazole rings is 1. The van der Waals surface area contributed by atoms with Crippen molar-refractivity contribution in [3.05, 3.63) is 47.5 Å². The van der Waals surface area contributed by atoms with Crippen LogP contribution in [0.1, 0.15) is 17.0 Å². The van der Waals surface area contributed by atoms with Crippen molar-refractivity contribution in [2.75, 3.05) is 26.8 Å². The molecular weight excluding hydrogens is 306 g/mol. The Morgan fingerprint density at radius 2 is 2.08 bits per heavy atom. The lowest BCUT2D eigenvalue weighted by molar-refractivity contribution is 0.00743. The lowest BCUT2D eigenvalue weighted by Gasteiger charge is -2.28. The summed E-state index contributed by atoms with van der Waals surface area (Å²) in [5.74, 6) is 0.831. The van der Waals surface area contributed by atoms with Crippen LogP contribution in [0.4, 0.5) is 0 Å². The number of rotatable bonds is 7. The lowest BCUT2D eigenvalue weighted by atomic mass is 10.1. The Bertz CT molecular complexity index is 654. The lowest BCUT2D eigenvalue weighted by Crippen LogP contribution is -2.38. The minimum absolute atomic E-state index is 0.331. The highest BCUT2D eigenvalue weighted by atomic mass is 16.5. The van der Waals surface area contributed by atoms with Gasteiger partial charge in [0.25, 0.3) is 0 Å². The topological polar surface area (TPSA) is 59.8 Å². The fraction of sp³-hybridized carbons (Fsp3) is 0.500. The highest BCUT2D eigenvalue weighted by molar-refractivity contribution is 5.26. The fourth-order valence-corrected chi connectivity index (χ4v) is 3.05. The van der Waals surface area contributed by atoms with Gasteiger partial charge in [-0.2, -0.15) is 0 Å². The molecule has 0 saturated carbocycles. The number of fused-ring (bicyclic) bond motifs is 1. The van der Waals surface area contributed by atoms with E-state index in [9.17, 15) is 5.11 Å². The second kappa shape index (κ2) is 7.79. The molecule has 0 aliphatic carbocycles. The van der Waals surface area contributed by atoms with Crippen molar-refractivity contribution in [3.8, 4) is 5.75 Å². The fourth-order valence-electron chi connectivity index (χ4n) is 3.05. The Morgan fingerprint density at radius 3 is 2.83 bits per heavy atom. The number of benzene rings is 1. The van der Waals surface area contributed by atoms with Crippen molar-refractivity contribution in [2.45, 2.75) is 25.7 Å². The summed E-state index contributed by atoms with van der Waals surface area (Å²) >= 11 is 0. The third-order valence-electron chi connectivity index (χ3n) is 4.39. The number of hydrogen-bond donors (Lipinski definition) is 1. The summed E-state index contributed by atoms with van der Waals surface area (Å²) in [6.45, 7) is 3.18. The summed E-state index contributed by atoms with van der Waals surface area (Å²) in [6, 6.07) is 7.76. The quantitative estimate of drug-likeness (QED) is 0.830. The van der Waals surface area contributed by atoms with E-state index in [2.05, 4.69) is 14.5 Å². The number of aliphatic hydroxyl groups excluding tert-OH is 1. The van der Waals surface area contributed by atoms with Gasteiger partial charge in [-0.15, -0.1) is 0 Å². The summed E-state index contributed by atoms with van der Waals surface area (Å²) in [7, 11) is 3.68. The van der Waals surface area contributed by atoms with E-state index in [-0.39, 0.29) is 0 Å². The van der Waals surface area contributed by atoms with Crippen LogP contribution in [0.2, 0.25) is 0 Å². The van der Waals surface area contributed by atoms with Gasteiger partial charge in [-0.25, -0.2) is 4.98 Å². The maximum atomic E-state index is 10.2. The van der Waals surface area contributed by atoms with E-state index in [0.717, 1.165) is 36.5 Å². The summed E-state index contributed by atoms with van der Waals surface area (Å²) in [5.41, 5.74) is 3.49. The van der Waals surface area contributed by atoms with Crippen molar-refractivity contribution in [1.82, 2.24) is 14.5 Å². The predicted octanol–water partition coefficient (Wildman–Crippen LogP) is 1.36. The van der Waals surface area contributed by atoms with Crippen molar-refractivity contribution >= 4 is 0 Å². The molecule has 3 rings (SSSR count). The van der Waals surface area contributed by atoms with Gasteiger partial charge in [0.2, 0.25) is 0 Å². The molecule has 0 saturated heterocycles. The Balaban J connectivity index is 1.40. The second-order valence-electron chi connectivity index (χ2n) is 6.25. The highest BCUT2D eigenvalue weighted by Gasteiger charge is 2.21. The van der Waals surface area contributed by atoms with Gasteiger partial charge in [0.1, 0.15) is 5.75 Å². The smallest absolute Gasteiger partial charge is 0.118 e. The minimum atomic E-state index is -0.492. The van der Waals surface area contributed by atoms with Crippen LogP contribution in [0.25, 0.3) is 0 Å². The van der Waals surface area contributed by atoms with E-state index in [0.29, 0.717) is 19.8 Å². The van der Waals surface area contributed by atoms with E-state index < -0.39 is 6.10 Å². The normalized spacial score (nSPS) is 16.0. The van der Waals surface area contributed by atoms with Gasteiger partial charge in [-0.05, 0) is 17.7 Å². The highest BCUT2D eigenvalue weighted by Crippen LogP contribution is 2.17. The van der Waals surface area contributed by atoms with Gasteiger partial charge in [0, 0.05) is 38.8 Å². The van der Waals surface area contributed by atoms with Gasteiger partial charge < -0.3 is 19.1 Å². The van der Waals surface area contributed by atoms with Crippen molar-refractivity contribution in [3.63, 3.8) is 0 Å². The standard InChI is InChI=1S/C18H25N3O3/c1-20-13-19-17-10-21(8-7-18(17)20)9-15(22)12-24-11-14-3-5-16(23-2)6-4-14/h3-6,13,15,22H,7-12H2,1-2H3/t15-/m1/s1. The first-order chi connectivity index (χ1) is 11.7. The zero-order valence-electron chi connectivity index (χ0n) is 14.3. The van der Waals surface area contributed by atoms with E-state index in [4.69, 9.17) is 9.47 Å². The van der Waals surface area contributed by atoms with Gasteiger partial charge in [0.05, 0.1) is 38.4 Å². The first-order valence-corrected chi connectivity index (χ1v) is 8.26. The third-order valence-corrected chi connectivity index (χ3v) is 4.39. The van der Waals surface area contributed by atoms with E-state index >= 15 is 0 Å². The average molecular weight is 331 g/mol. The van der Waals surface area contributed by atoms with Crippen LogP contribution in [-0.4, -0.2) is 52.5 Å². The van der Waals surface area contributed by atoms with Gasteiger partial charge >= 0.3 is 0 Å². The number of β-amino-alcohol motifs (C(OH)–C–C–N with tert-alkyl or cyclic N) is 1. The number of aliphatic hydroxyl groups is 1. The van der Waals surface area contributed by atoms with Crippen LogP contribution in [0.15, 0.2) is 30.6 Å². The predicted molar refractivity (Wildman–Crippen MR) is 90.8 cm³/mol. The van der Waals surface area contributed by atoms with Crippen molar-refractivity contribution < 1.29 is 14.6 Å². The molecule has 0 amide bonds. The summed E-state index contributed by atoms with van der Waals surface area (Å²) in [4.78, 5) is 6.66. The molecule has 2 heterocycles. The van der Waals surface area contributed by atoms with Crippen LogP contribution < -0.4 is 4.74 Å². The van der Waals surface area contributed by atoms with Crippen LogP contribution in [0.5, 0.6) is 5.75 Å². The zero-order valence-corrected chi connectivity index (χ0v) is 14.3. The molecule has 0 bridgehead atoms. The molecule has 0 radical (unpaired) electrons. The number of ether oxygens (including phenoxy) is 2. The molecule has 6 nitrogen and oxygen atoms in total. The number of aryl methyl sites for hydroxylation is 1. The maximum Gasteiger partial charge on any atom is 0.118 e. The minimum Gasteiger partial charge on any atom is -0.497 e. The van der Waals surface area contributed by atoms with Crippen LogP contribution in [-0.2, 0) is 31.4 Å². The Kier molecular flexibility index (Phi) is 5.50. The molecule has 1 aliphatic rings. The van der Waals surface area contributed by atoms with Gasteiger partial charge in [0.15, 0.2) is 0 Å². The molecule has 2 aromatic rings. The van der Waals surface area contributed by atoms with E-state index in [1.165, 1.54) is 5.69 Å². The molecule has 1 atom stereocenters. The molecule has 1 N–H and O–H groups in total. The Labute approximate surface area is 142 Å². The van der Waals surface area contributed by atoms with Crippen LogP contribution >= 0.6 is 0 Å². The maximum absolute atomic E-state index is 10.2. The van der Waals surface area contributed by atoms with Crippen LogP contribution in [0.3, 0.4) is 0 Å². The molecule has 1 aliphatic heterocycles. The summed E-state index contributed by atoms with van der Waals surface area (Å²) in [6.07, 6.45) is 2.35. The molecule has 0 spiro atoms. The number of hydrogen-bond acceptors (Lipinski definition) is 5. The largest absolute Gasteiger partial charge is 0.497 e. The molecule has 1 aromatic carbocycles. The van der Waals surface area contributed by atoms with Crippen LogP contribution in [0, 0.1) is 0 Å². The Hall–Kier alpha value is -1.89. The Morgan fingerprint density at radius 1 is 1.29 bits per heavy atom. The molecule has 0 unspecified atom stereocenters. The second-order valence-corrected chi connectivity index (χ2v) is 6.25. The number of nitrogens with zero attached hydrogens (tertiary/aromatic N) is 3. The third kappa shape index (κ3) is 4.14. The molecule has 1 aromatic heterocycles. The molecule has 24 heavy (non-hydrogen) atoms. The number of aromatic nitrogens is 2. The SMILES string of the molecule is COc1ccc(COC[C@H](O)CN2CCc3c(ncn3C)C2)cc1. The van der Waals surface area contributed by atoms with E-state index in [1.54, 1.807) is 7.11 Å². The van der Waals surface area contributed by atoms with Crippen molar-refractivity contribution in [1.29, 1.82) is 0 Å². The van der Waals surface area contributed by atoms with Crippen molar-refractivity contribution in [2.24, 2.45) is 7.05 Å². The first-order valence-electron chi connectivity index (χ1n) is 8.26. The molecule has 130 valence electrons. The molecular formula is C18H25N3O3. The van der Waals surface area contributed by atoms with Gasteiger partial charge in [-0.1, -0.05) is 12.1 Å². The molecule has 6 heteroatoms. The van der Waals surface area contributed by atoms with E-state index in [1.807, 2.05) is 37.6 Å². The first kappa shape index (κ1) is 17.0. The molecule has 0 fully saturated rings. The van der Waals surface area contributed by atoms with Gasteiger partial charge in [-0.3, -0.25) is 4.90 Å². The monoisotopic (exact) mass is 331 g/mol. The summed E-state index contributed by atoms with van der Waals surface area (Å²) in [5, 5.41) is 10.2. The summed E-state index contributed by atoms with van der Waals surface area (Å²) < 4.78 is 12.8. The zero-order chi connectivity index (χ0) is 16.9. The average Bonchev–Trinajstić information content (AvgIpc) is 2.96. The number of methoxy groups -OCH3 is 1.